The molecule has 0 aliphatic heterocycles. The van der Waals surface area contributed by atoms with Crippen LogP contribution in [0.5, 0.6) is 0 Å². The van der Waals surface area contributed by atoms with Crippen molar-refractivity contribution in [3.63, 3.8) is 0 Å². The van der Waals surface area contributed by atoms with Crippen LogP contribution in [0.4, 0.5) is 5.69 Å². The number of hydrogen-bond acceptors (Lipinski definition) is 3. The third kappa shape index (κ3) is 3.64. The molecule has 1 heterocycles. The minimum absolute atomic E-state index is 0.0906. The number of carbonyl (C=O) groups excluding carboxylic acids is 2. The van der Waals surface area contributed by atoms with Crippen LogP contribution < -0.4 is 10.6 Å². The summed E-state index contributed by atoms with van der Waals surface area (Å²) < 4.78 is 1.57. The van der Waals surface area contributed by atoms with E-state index in [4.69, 9.17) is 0 Å². The van der Waals surface area contributed by atoms with E-state index in [2.05, 4.69) is 15.7 Å². The lowest BCUT2D eigenvalue weighted by atomic mass is 9.85. The van der Waals surface area contributed by atoms with E-state index in [1.165, 1.54) is 0 Å². The van der Waals surface area contributed by atoms with E-state index >= 15 is 0 Å². The molecule has 3 rings (SSSR count). The molecule has 6 nitrogen and oxygen atoms in total. The van der Waals surface area contributed by atoms with Gasteiger partial charge in [-0.05, 0) is 43.5 Å². The van der Waals surface area contributed by atoms with E-state index in [-0.39, 0.29) is 17.7 Å². The number of anilines is 1. The second-order valence-corrected chi connectivity index (χ2v) is 6.29. The fraction of sp³-hybridized carbons (Fsp3) is 0.389. The summed E-state index contributed by atoms with van der Waals surface area (Å²) in [5, 5.41) is 10.0. The summed E-state index contributed by atoms with van der Waals surface area (Å²) in [6.45, 7) is 2.25. The van der Waals surface area contributed by atoms with Gasteiger partial charge in [0.15, 0.2) is 0 Å². The van der Waals surface area contributed by atoms with Gasteiger partial charge in [0.1, 0.15) is 5.69 Å². The van der Waals surface area contributed by atoms with Gasteiger partial charge in [0.25, 0.3) is 5.91 Å². The predicted octanol–water partition coefficient (Wildman–Crippen LogP) is 2.40. The Kier molecular flexibility index (Phi) is 4.64. The Labute approximate surface area is 141 Å². The topological polar surface area (TPSA) is 76.0 Å². The molecule has 1 fully saturated rings. The van der Waals surface area contributed by atoms with Gasteiger partial charge >= 0.3 is 0 Å². The summed E-state index contributed by atoms with van der Waals surface area (Å²) in [4.78, 5) is 24.2. The summed E-state index contributed by atoms with van der Waals surface area (Å²) in [5.74, 6) is 0.0799. The van der Waals surface area contributed by atoms with Crippen molar-refractivity contribution < 1.29 is 9.59 Å². The van der Waals surface area contributed by atoms with Gasteiger partial charge in [-0.3, -0.25) is 14.3 Å². The van der Waals surface area contributed by atoms with Crippen molar-refractivity contribution in [1.82, 2.24) is 15.1 Å². The zero-order valence-corrected chi connectivity index (χ0v) is 14.0. The van der Waals surface area contributed by atoms with Gasteiger partial charge in [0, 0.05) is 25.2 Å². The van der Waals surface area contributed by atoms with Crippen LogP contribution in [0.1, 0.15) is 41.0 Å². The number of aromatic nitrogens is 2. The molecule has 1 aromatic carbocycles. The van der Waals surface area contributed by atoms with Crippen molar-refractivity contribution in [2.45, 2.75) is 32.7 Å². The minimum atomic E-state index is -0.165. The lowest BCUT2D eigenvalue weighted by Crippen LogP contribution is -2.28. The first kappa shape index (κ1) is 16.2. The number of benzene rings is 1. The highest BCUT2D eigenvalue weighted by Crippen LogP contribution is 2.27. The number of rotatable bonds is 5. The molecule has 0 bridgehead atoms. The van der Waals surface area contributed by atoms with Crippen LogP contribution in [0.25, 0.3) is 0 Å². The molecule has 2 N–H and O–H groups in total. The first-order chi connectivity index (χ1) is 11.5. The molecule has 1 aliphatic rings. The average molecular weight is 326 g/mol. The smallest absolute Gasteiger partial charge is 0.269 e. The monoisotopic (exact) mass is 326 g/mol. The first-order valence-electron chi connectivity index (χ1n) is 8.21. The van der Waals surface area contributed by atoms with Crippen LogP contribution in [-0.2, 0) is 18.4 Å². The fourth-order valence-corrected chi connectivity index (χ4v) is 2.77. The molecule has 2 amide bonds. The number of aryl methyl sites for hydroxylation is 2. The molecule has 6 heteroatoms. The molecule has 126 valence electrons. The van der Waals surface area contributed by atoms with E-state index < -0.39 is 0 Å². The fourth-order valence-electron chi connectivity index (χ4n) is 2.77. The van der Waals surface area contributed by atoms with Crippen molar-refractivity contribution >= 4 is 17.5 Å². The molecule has 0 atom stereocenters. The average Bonchev–Trinajstić information content (AvgIpc) is 2.82. The van der Waals surface area contributed by atoms with Crippen molar-refractivity contribution in [2.24, 2.45) is 13.0 Å². The molecule has 0 spiro atoms. The molecule has 2 aromatic rings. The summed E-state index contributed by atoms with van der Waals surface area (Å²) >= 11 is 0. The van der Waals surface area contributed by atoms with Crippen LogP contribution in [0.3, 0.4) is 0 Å². The number of hydrogen-bond donors (Lipinski definition) is 2. The van der Waals surface area contributed by atoms with Crippen molar-refractivity contribution in [3.05, 3.63) is 47.3 Å². The molecule has 0 unspecified atom stereocenters. The maximum absolute atomic E-state index is 12.2. The normalized spacial score (nSPS) is 14.1. The van der Waals surface area contributed by atoms with Crippen LogP contribution in [-0.4, -0.2) is 21.6 Å². The van der Waals surface area contributed by atoms with Crippen LogP contribution in [0.15, 0.2) is 30.3 Å². The standard InChI is InChI=1S/C18H22N4O2/c1-12-9-16(22(2)21-12)18(24)19-11-13-5-3-8-15(10-13)20-17(23)14-6-4-7-14/h3,5,8-10,14H,4,6-7,11H2,1-2H3,(H,19,24)(H,20,23). The molecule has 1 aromatic heterocycles. The van der Waals surface area contributed by atoms with E-state index in [0.717, 1.165) is 36.2 Å². The lowest BCUT2D eigenvalue weighted by Gasteiger charge is -2.24. The largest absolute Gasteiger partial charge is 0.347 e. The number of nitrogens with one attached hydrogen (secondary N) is 2. The Bertz CT molecular complexity index is 762. The highest BCUT2D eigenvalue weighted by molar-refractivity contribution is 5.93. The molecular formula is C18H22N4O2. The Morgan fingerprint density at radius 2 is 2.08 bits per heavy atom. The quantitative estimate of drug-likeness (QED) is 0.886. The Balaban J connectivity index is 1.59. The molecule has 1 aliphatic carbocycles. The van der Waals surface area contributed by atoms with E-state index in [1.807, 2.05) is 31.2 Å². The second-order valence-electron chi connectivity index (χ2n) is 6.29. The zero-order valence-electron chi connectivity index (χ0n) is 14.0. The maximum atomic E-state index is 12.2. The molecule has 1 saturated carbocycles. The van der Waals surface area contributed by atoms with Crippen molar-refractivity contribution in [2.75, 3.05) is 5.32 Å². The first-order valence-corrected chi connectivity index (χ1v) is 8.21. The van der Waals surface area contributed by atoms with Gasteiger partial charge in [-0.25, -0.2) is 0 Å². The predicted molar refractivity (Wildman–Crippen MR) is 91.5 cm³/mol. The third-order valence-electron chi connectivity index (χ3n) is 4.36. The van der Waals surface area contributed by atoms with Crippen LogP contribution in [0, 0.1) is 12.8 Å². The van der Waals surface area contributed by atoms with E-state index in [9.17, 15) is 9.59 Å². The second kappa shape index (κ2) is 6.86. The highest BCUT2D eigenvalue weighted by Gasteiger charge is 2.25. The number of carbonyl (C=O) groups is 2. The zero-order chi connectivity index (χ0) is 17.1. The summed E-state index contributed by atoms with van der Waals surface area (Å²) in [6.07, 6.45) is 3.09. The molecular weight excluding hydrogens is 304 g/mol. The van der Waals surface area contributed by atoms with Gasteiger partial charge in [-0.1, -0.05) is 18.6 Å². The number of amides is 2. The summed E-state index contributed by atoms with van der Waals surface area (Å²) in [7, 11) is 1.75. The summed E-state index contributed by atoms with van der Waals surface area (Å²) in [5.41, 5.74) is 3.05. The maximum Gasteiger partial charge on any atom is 0.269 e. The third-order valence-corrected chi connectivity index (χ3v) is 4.36. The summed E-state index contributed by atoms with van der Waals surface area (Å²) in [6, 6.07) is 9.32. The Hall–Kier alpha value is -2.63. The van der Waals surface area contributed by atoms with E-state index in [1.54, 1.807) is 17.8 Å². The lowest BCUT2D eigenvalue weighted by molar-refractivity contribution is -0.122. The highest BCUT2D eigenvalue weighted by atomic mass is 16.2. The van der Waals surface area contributed by atoms with Crippen molar-refractivity contribution in [3.8, 4) is 0 Å². The molecule has 0 saturated heterocycles. The van der Waals surface area contributed by atoms with Gasteiger partial charge in [0.2, 0.25) is 5.91 Å². The van der Waals surface area contributed by atoms with E-state index in [0.29, 0.717) is 12.2 Å². The van der Waals surface area contributed by atoms with Gasteiger partial charge < -0.3 is 10.6 Å². The van der Waals surface area contributed by atoms with Gasteiger partial charge in [-0.15, -0.1) is 0 Å². The molecule has 24 heavy (non-hydrogen) atoms. The van der Waals surface area contributed by atoms with Gasteiger partial charge in [-0.2, -0.15) is 5.10 Å². The number of nitrogens with zero attached hydrogens (tertiary/aromatic N) is 2. The SMILES string of the molecule is Cc1cc(C(=O)NCc2cccc(NC(=O)C3CCC3)c2)n(C)n1. The van der Waals surface area contributed by atoms with Gasteiger partial charge in [0.05, 0.1) is 5.69 Å². The Morgan fingerprint density at radius 3 is 2.71 bits per heavy atom. The minimum Gasteiger partial charge on any atom is -0.347 e. The van der Waals surface area contributed by atoms with Crippen LogP contribution >= 0.6 is 0 Å². The Morgan fingerprint density at radius 1 is 1.29 bits per heavy atom. The van der Waals surface area contributed by atoms with Crippen molar-refractivity contribution in [1.29, 1.82) is 0 Å². The molecule has 0 radical (unpaired) electrons. The van der Waals surface area contributed by atoms with Crippen LogP contribution in [0.2, 0.25) is 0 Å².